The van der Waals surface area contributed by atoms with Gasteiger partial charge in [0.1, 0.15) is 5.82 Å². The molecule has 1 aliphatic heterocycles. The first-order valence-corrected chi connectivity index (χ1v) is 11.6. The Morgan fingerprint density at radius 3 is 2.52 bits per heavy atom. The van der Waals surface area contributed by atoms with Crippen molar-refractivity contribution >= 4 is 16.9 Å². The molecule has 0 spiro atoms. The van der Waals surface area contributed by atoms with Gasteiger partial charge in [0.05, 0.1) is 11.0 Å². The van der Waals surface area contributed by atoms with Crippen LogP contribution in [0, 0.1) is 11.8 Å². The van der Waals surface area contributed by atoms with Gasteiger partial charge >= 0.3 is 0 Å². The molecule has 1 aliphatic rings. The number of piperidine rings is 1. The van der Waals surface area contributed by atoms with E-state index in [2.05, 4.69) is 58.3 Å². The summed E-state index contributed by atoms with van der Waals surface area (Å²) in [4.78, 5) is 22.7. The molecule has 0 radical (unpaired) electrons. The van der Waals surface area contributed by atoms with Crippen molar-refractivity contribution in [2.24, 2.45) is 11.8 Å². The van der Waals surface area contributed by atoms with Crippen LogP contribution < -0.4 is 5.32 Å². The monoisotopic (exact) mass is 418 g/mol. The van der Waals surface area contributed by atoms with Gasteiger partial charge in [-0.2, -0.15) is 0 Å². The van der Waals surface area contributed by atoms with Gasteiger partial charge in [-0.3, -0.25) is 9.69 Å². The fourth-order valence-corrected chi connectivity index (χ4v) is 4.77. The van der Waals surface area contributed by atoms with Crippen molar-refractivity contribution in [3.05, 3.63) is 65.5 Å². The van der Waals surface area contributed by atoms with Crippen LogP contribution in [0.2, 0.25) is 0 Å². The normalized spacial score (nSPS) is 19.5. The highest BCUT2D eigenvalue weighted by Gasteiger charge is 2.21. The minimum Gasteiger partial charge on any atom is -0.352 e. The number of imidazole rings is 1. The number of nitrogens with zero attached hydrogens (tertiary/aromatic N) is 2. The van der Waals surface area contributed by atoms with Crippen molar-refractivity contribution in [2.45, 2.75) is 52.6 Å². The molecule has 0 saturated carbocycles. The Morgan fingerprint density at radius 1 is 1.06 bits per heavy atom. The third kappa shape index (κ3) is 6.17. The van der Waals surface area contributed by atoms with E-state index >= 15 is 0 Å². The molecule has 2 N–H and O–H groups in total. The van der Waals surface area contributed by atoms with Crippen molar-refractivity contribution in [1.82, 2.24) is 20.2 Å². The molecule has 5 heteroatoms. The lowest BCUT2D eigenvalue weighted by Gasteiger charge is -2.35. The highest BCUT2D eigenvalue weighted by Crippen LogP contribution is 2.22. The molecule has 1 aromatic heterocycles. The van der Waals surface area contributed by atoms with Crippen LogP contribution in [0.4, 0.5) is 0 Å². The highest BCUT2D eigenvalue weighted by molar-refractivity contribution is 5.76. The number of fused-ring (bicyclic) bond motifs is 1. The standard InChI is InChI=1S/C26H34N4O/c1-19-14-20(2)17-30(16-19)18-22-12-10-21(11-13-22)15-27-26(31)9-5-8-25-28-23-6-3-4-7-24(23)29-25/h3-4,6-7,10-13,19-20H,5,8-9,14-18H2,1-2H3,(H,27,31)(H,28,29). The predicted molar refractivity (Wildman–Crippen MR) is 126 cm³/mol. The van der Waals surface area contributed by atoms with Crippen molar-refractivity contribution in [3.63, 3.8) is 0 Å². The average molecular weight is 419 g/mol. The van der Waals surface area contributed by atoms with Gasteiger partial charge in [-0.25, -0.2) is 4.98 Å². The molecular formula is C26H34N4O. The van der Waals surface area contributed by atoms with Gasteiger partial charge in [-0.05, 0) is 47.9 Å². The average Bonchev–Trinajstić information content (AvgIpc) is 3.15. The van der Waals surface area contributed by atoms with E-state index in [1.807, 2.05) is 24.3 Å². The smallest absolute Gasteiger partial charge is 0.220 e. The Labute approximate surface area is 185 Å². The second kappa shape index (κ2) is 10.1. The third-order valence-electron chi connectivity index (χ3n) is 6.12. The summed E-state index contributed by atoms with van der Waals surface area (Å²) in [6.07, 6.45) is 3.43. The molecule has 2 atom stereocenters. The Kier molecular flexibility index (Phi) is 7.03. The van der Waals surface area contributed by atoms with Crippen LogP contribution >= 0.6 is 0 Å². The molecule has 5 nitrogen and oxygen atoms in total. The van der Waals surface area contributed by atoms with E-state index in [0.717, 1.165) is 53.6 Å². The zero-order valence-electron chi connectivity index (χ0n) is 18.7. The zero-order chi connectivity index (χ0) is 21.6. The van der Waals surface area contributed by atoms with Gasteiger partial charge in [-0.1, -0.05) is 50.2 Å². The first-order valence-electron chi connectivity index (χ1n) is 11.6. The number of amides is 1. The summed E-state index contributed by atoms with van der Waals surface area (Å²) in [6.45, 7) is 8.69. The van der Waals surface area contributed by atoms with Crippen LogP contribution in [-0.4, -0.2) is 33.9 Å². The SMILES string of the molecule is CC1CC(C)CN(Cc2ccc(CNC(=O)CCCc3nc4ccccc4[nH]3)cc2)C1. The van der Waals surface area contributed by atoms with Crippen molar-refractivity contribution in [2.75, 3.05) is 13.1 Å². The second-order valence-electron chi connectivity index (χ2n) is 9.29. The maximum atomic E-state index is 12.2. The van der Waals surface area contributed by atoms with Crippen LogP contribution in [0.25, 0.3) is 11.0 Å². The van der Waals surface area contributed by atoms with Crippen LogP contribution in [0.3, 0.4) is 0 Å². The molecule has 2 unspecified atom stereocenters. The Balaban J connectivity index is 1.17. The topological polar surface area (TPSA) is 61.0 Å². The first kappa shape index (κ1) is 21.6. The number of rotatable bonds is 8. The lowest BCUT2D eigenvalue weighted by molar-refractivity contribution is -0.121. The van der Waals surface area contributed by atoms with Gasteiger partial charge in [0.15, 0.2) is 0 Å². The number of hydrogen-bond donors (Lipinski definition) is 2. The summed E-state index contributed by atoms with van der Waals surface area (Å²) in [6, 6.07) is 16.7. The van der Waals surface area contributed by atoms with Crippen LogP contribution in [0.5, 0.6) is 0 Å². The van der Waals surface area contributed by atoms with Crippen LogP contribution in [0.1, 0.15) is 50.1 Å². The van der Waals surface area contributed by atoms with Gasteiger partial charge in [-0.15, -0.1) is 0 Å². The Bertz CT molecular complexity index is 951. The number of aromatic amines is 1. The van der Waals surface area contributed by atoms with E-state index in [1.165, 1.54) is 25.1 Å². The minimum absolute atomic E-state index is 0.0940. The summed E-state index contributed by atoms with van der Waals surface area (Å²) < 4.78 is 0. The summed E-state index contributed by atoms with van der Waals surface area (Å²) in [5.74, 6) is 2.61. The van der Waals surface area contributed by atoms with E-state index in [4.69, 9.17) is 0 Å². The fourth-order valence-electron chi connectivity index (χ4n) is 4.77. The van der Waals surface area contributed by atoms with Crippen molar-refractivity contribution < 1.29 is 4.79 Å². The number of carbonyl (C=O) groups excluding carboxylic acids is 1. The first-order chi connectivity index (χ1) is 15.0. The quantitative estimate of drug-likeness (QED) is 0.558. The minimum atomic E-state index is 0.0940. The zero-order valence-corrected chi connectivity index (χ0v) is 18.7. The fraction of sp³-hybridized carbons (Fsp3) is 0.462. The molecule has 2 aromatic carbocycles. The van der Waals surface area contributed by atoms with E-state index < -0.39 is 0 Å². The molecule has 2 heterocycles. The lowest BCUT2D eigenvalue weighted by atomic mass is 9.91. The summed E-state index contributed by atoms with van der Waals surface area (Å²) >= 11 is 0. The number of benzene rings is 2. The van der Waals surface area contributed by atoms with E-state index in [9.17, 15) is 4.79 Å². The number of hydrogen-bond acceptors (Lipinski definition) is 3. The molecule has 1 fully saturated rings. The molecule has 4 rings (SSSR count). The van der Waals surface area contributed by atoms with Crippen molar-refractivity contribution in [1.29, 1.82) is 0 Å². The number of aryl methyl sites for hydroxylation is 1. The molecule has 164 valence electrons. The molecule has 3 aromatic rings. The third-order valence-corrected chi connectivity index (χ3v) is 6.12. The number of nitrogens with one attached hydrogen (secondary N) is 2. The molecule has 1 amide bonds. The molecule has 1 saturated heterocycles. The second-order valence-corrected chi connectivity index (χ2v) is 9.29. The van der Waals surface area contributed by atoms with E-state index in [0.29, 0.717) is 13.0 Å². The highest BCUT2D eigenvalue weighted by atomic mass is 16.1. The largest absolute Gasteiger partial charge is 0.352 e. The van der Waals surface area contributed by atoms with Crippen molar-refractivity contribution in [3.8, 4) is 0 Å². The lowest BCUT2D eigenvalue weighted by Crippen LogP contribution is -2.38. The molecule has 0 bridgehead atoms. The molecule has 31 heavy (non-hydrogen) atoms. The number of H-pyrrole nitrogens is 1. The summed E-state index contributed by atoms with van der Waals surface area (Å²) in [7, 11) is 0. The number of likely N-dealkylation sites (tertiary alicyclic amines) is 1. The molecule has 0 aliphatic carbocycles. The predicted octanol–water partition coefficient (Wildman–Crippen LogP) is 4.68. The van der Waals surface area contributed by atoms with Crippen LogP contribution in [0.15, 0.2) is 48.5 Å². The van der Waals surface area contributed by atoms with Gasteiger partial charge < -0.3 is 10.3 Å². The molecular weight excluding hydrogens is 384 g/mol. The number of para-hydroxylation sites is 2. The number of aromatic nitrogens is 2. The number of carbonyl (C=O) groups is 1. The maximum absolute atomic E-state index is 12.2. The Hall–Kier alpha value is -2.66. The van der Waals surface area contributed by atoms with Gasteiger partial charge in [0, 0.05) is 39.0 Å². The Morgan fingerprint density at radius 2 is 1.77 bits per heavy atom. The van der Waals surface area contributed by atoms with Crippen LogP contribution in [-0.2, 0) is 24.3 Å². The van der Waals surface area contributed by atoms with E-state index in [1.54, 1.807) is 0 Å². The summed E-state index contributed by atoms with van der Waals surface area (Å²) in [5, 5.41) is 3.04. The van der Waals surface area contributed by atoms with Gasteiger partial charge in [0.2, 0.25) is 5.91 Å². The van der Waals surface area contributed by atoms with Gasteiger partial charge in [0.25, 0.3) is 0 Å². The maximum Gasteiger partial charge on any atom is 0.220 e. The van der Waals surface area contributed by atoms with E-state index in [-0.39, 0.29) is 5.91 Å². The summed E-state index contributed by atoms with van der Waals surface area (Å²) in [5.41, 5.74) is 4.53.